The third-order valence-electron chi connectivity index (χ3n) is 2.70. The Labute approximate surface area is 119 Å². The number of nitrogens with zero attached hydrogens (tertiary/aromatic N) is 1. The molecule has 1 N–H and O–H groups in total. The number of aromatic amines is 1. The third kappa shape index (κ3) is 2.74. The molecule has 0 unspecified atom stereocenters. The van der Waals surface area contributed by atoms with Gasteiger partial charge >= 0.3 is 5.69 Å². The molecule has 1 aromatic carbocycles. The molecule has 0 spiro atoms. The van der Waals surface area contributed by atoms with E-state index in [-0.39, 0.29) is 10.7 Å². The van der Waals surface area contributed by atoms with Gasteiger partial charge in [0.05, 0.1) is 5.56 Å². The summed E-state index contributed by atoms with van der Waals surface area (Å²) < 4.78 is 1.14. The Morgan fingerprint density at radius 2 is 2.00 bits per heavy atom. The van der Waals surface area contributed by atoms with Gasteiger partial charge in [-0.25, -0.2) is 4.79 Å². The Hall–Kier alpha value is -1.52. The number of halogens is 2. The zero-order valence-electron chi connectivity index (χ0n) is 10.2. The van der Waals surface area contributed by atoms with Gasteiger partial charge in [-0.05, 0) is 24.1 Å². The highest BCUT2D eigenvalue weighted by Gasteiger charge is 2.14. The van der Waals surface area contributed by atoms with Crippen molar-refractivity contribution in [2.45, 2.75) is 19.9 Å². The van der Waals surface area contributed by atoms with E-state index in [0.717, 1.165) is 4.57 Å². The maximum absolute atomic E-state index is 12.3. The lowest BCUT2D eigenvalue weighted by atomic mass is 10.1. The lowest BCUT2D eigenvalue weighted by Crippen LogP contribution is -2.36. The van der Waals surface area contributed by atoms with Gasteiger partial charge in [-0.15, -0.1) is 0 Å². The van der Waals surface area contributed by atoms with Crippen LogP contribution in [-0.2, 0) is 6.54 Å². The van der Waals surface area contributed by atoms with Crippen molar-refractivity contribution >= 4 is 23.2 Å². The molecule has 0 saturated carbocycles. The summed E-state index contributed by atoms with van der Waals surface area (Å²) in [5.41, 5.74) is -0.0543. The van der Waals surface area contributed by atoms with Crippen LogP contribution >= 0.6 is 23.2 Å². The number of hydrogen-bond donors (Lipinski definition) is 1. The Morgan fingerprint density at radius 3 is 2.63 bits per heavy atom. The second-order valence-electron chi connectivity index (χ2n) is 4.09. The molecule has 0 amide bonds. The molecule has 1 heterocycles. The fourth-order valence-electron chi connectivity index (χ4n) is 1.87. The van der Waals surface area contributed by atoms with E-state index >= 15 is 0 Å². The molecule has 0 aliphatic heterocycles. The summed E-state index contributed by atoms with van der Waals surface area (Å²) in [5.74, 6) is 0. The van der Waals surface area contributed by atoms with Crippen molar-refractivity contribution in [2.24, 2.45) is 0 Å². The molecule has 100 valence electrons. The van der Waals surface area contributed by atoms with Gasteiger partial charge in [-0.3, -0.25) is 14.3 Å². The minimum Gasteiger partial charge on any atom is -0.297 e. The van der Waals surface area contributed by atoms with E-state index in [4.69, 9.17) is 23.2 Å². The molecule has 0 atom stereocenters. The highest BCUT2D eigenvalue weighted by atomic mass is 35.5. The van der Waals surface area contributed by atoms with Crippen LogP contribution in [0, 0.1) is 0 Å². The van der Waals surface area contributed by atoms with E-state index in [9.17, 15) is 9.59 Å². The predicted molar refractivity (Wildman–Crippen MR) is 77.1 cm³/mol. The molecule has 1 aromatic heterocycles. The molecule has 2 aromatic rings. The molecule has 0 radical (unpaired) electrons. The first-order chi connectivity index (χ1) is 9.04. The first kappa shape index (κ1) is 13.9. The van der Waals surface area contributed by atoms with E-state index in [1.165, 1.54) is 0 Å². The van der Waals surface area contributed by atoms with E-state index < -0.39 is 11.2 Å². The monoisotopic (exact) mass is 298 g/mol. The fraction of sp³-hybridized carbons (Fsp3) is 0.231. The molecule has 0 bridgehead atoms. The summed E-state index contributed by atoms with van der Waals surface area (Å²) in [4.78, 5) is 26.5. The van der Waals surface area contributed by atoms with Crippen LogP contribution in [-0.4, -0.2) is 9.55 Å². The SMILES string of the molecule is CCCn1c(=O)[nH]c(Cl)c(-c2cccc(Cl)c2)c1=O. The van der Waals surface area contributed by atoms with Gasteiger partial charge in [0.15, 0.2) is 0 Å². The van der Waals surface area contributed by atoms with Gasteiger partial charge in [0.2, 0.25) is 0 Å². The smallest absolute Gasteiger partial charge is 0.297 e. The van der Waals surface area contributed by atoms with Crippen molar-refractivity contribution in [1.29, 1.82) is 0 Å². The summed E-state index contributed by atoms with van der Waals surface area (Å²) >= 11 is 11.9. The largest absolute Gasteiger partial charge is 0.329 e. The lowest BCUT2D eigenvalue weighted by Gasteiger charge is -2.08. The lowest BCUT2D eigenvalue weighted by molar-refractivity contribution is 0.617. The van der Waals surface area contributed by atoms with E-state index in [1.54, 1.807) is 24.3 Å². The molecule has 0 aliphatic rings. The number of H-pyrrole nitrogens is 1. The van der Waals surface area contributed by atoms with Crippen molar-refractivity contribution in [1.82, 2.24) is 9.55 Å². The molecular weight excluding hydrogens is 287 g/mol. The molecule has 6 heteroatoms. The van der Waals surface area contributed by atoms with Crippen molar-refractivity contribution in [3.05, 3.63) is 55.3 Å². The second kappa shape index (κ2) is 5.63. The molecule has 4 nitrogen and oxygen atoms in total. The average molecular weight is 299 g/mol. The van der Waals surface area contributed by atoms with Crippen LogP contribution in [0.15, 0.2) is 33.9 Å². The number of hydrogen-bond acceptors (Lipinski definition) is 2. The van der Waals surface area contributed by atoms with E-state index in [2.05, 4.69) is 4.98 Å². The fourth-order valence-corrected chi connectivity index (χ4v) is 2.33. The molecule has 0 fully saturated rings. The van der Waals surface area contributed by atoms with Crippen molar-refractivity contribution in [3.8, 4) is 11.1 Å². The Morgan fingerprint density at radius 1 is 1.26 bits per heavy atom. The van der Waals surface area contributed by atoms with Gasteiger partial charge in [-0.1, -0.05) is 42.3 Å². The average Bonchev–Trinajstić information content (AvgIpc) is 2.34. The summed E-state index contributed by atoms with van der Waals surface area (Å²) in [5, 5.41) is 0.533. The molecule has 0 aliphatic carbocycles. The van der Waals surface area contributed by atoms with Gasteiger partial charge < -0.3 is 0 Å². The van der Waals surface area contributed by atoms with Gasteiger partial charge in [0, 0.05) is 11.6 Å². The summed E-state index contributed by atoms with van der Waals surface area (Å²) in [6, 6.07) is 6.79. The van der Waals surface area contributed by atoms with E-state index in [0.29, 0.717) is 23.6 Å². The first-order valence-electron chi connectivity index (χ1n) is 5.83. The zero-order valence-corrected chi connectivity index (χ0v) is 11.8. The van der Waals surface area contributed by atoms with Crippen molar-refractivity contribution in [3.63, 3.8) is 0 Å². The van der Waals surface area contributed by atoms with Gasteiger partial charge in [-0.2, -0.15) is 0 Å². The number of rotatable bonds is 3. The standard InChI is InChI=1S/C13H12Cl2N2O2/c1-2-6-17-12(18)10(11(15)16-13(17)19)8-4-3-5-9(14)7-8/h3-5,7H,2,6H2,1H3,(H,16,19). The maximum Gasteiger partial charge on any atom is 0.329 e. The van der Waals surface area contributed by atoms with Crippen LogP contribution in [0.1, 0.15) is 13.3 Å². The highest BCUT2D eigenvalue weighted by molar-refractivity contribution is 6.32. The maximum atomic E-state index is 12.3. The summed E-state index contributed by atoms with van der Waals surface area (Å²) in [7, 11) is 0. The minimum atomic E-state index is -0.498. The second-order valence-corrected chi connectivity index (χ2v) is 4.90. The van der Waals surface area contributed by atoms with Crippen LogP contribution < -0.4 is 11.2 Å². The minimum absolute atomic E-state index is 0.0321. The first-order valence-corrected chi connectivity index (χ1v) is 6.58. The normalized spacial score (nSPS) is 10.7. The third-order valence-corrected chi connectivity index (χ3v) is 3.22. The zero-order chi connectivity index (χ0) is 14.0. The van der Waals surface area contributed by atoms with Crippen LogP contribution in [0.5, 0.6) is 0 Å². The Kier molecular flexibility index (Phi) is 4.12. The topological polar surface area (TPSA) is 54.9 Å². The van der Waals surface area contributed by atoms with E-state index in [1.807, 2.05) is 6.92 Å². The van der Waals surface area contributed by atoms with Crippen LogP contribution in [0.25, 0.3) is 11.1 Å². The van der Waals surface area contributed by atoms with Gasteiger partial charge in [0.25, 0.3) is 5.56 Å². The number of benzene rings is 1. The molecular formula is C13H12Cl2N2O2. The highest BCUT2D eigenvalue weighted by Crippen LogP contribution is 2.24. The molecule has 19 heavy (non-hydrogen) atoms. The molecule has 0 saturated heterocycles. The summed E-state index contributed by atoms with van der Waals surface area (Å²) in [6.07, 6.45) is 0.680. The van der Waals surface area contributed by atoms with Crippen LogP contribution in [0.3, 0.4) is 0 Å². The van der Waals surface area contributed by atoms with Gasteiger partial charge in [0.1, 0.15) is 5.15 Å². The molecule has 2 rings (SSSR count). The van der Waals surface area contributed by atoms with Crippen molar-refractivity contribution in [2.75, 3.05) is 0 Å². The number of nitrogens with one attached hydrogen (secondary N) is 1. The Balaban J connectivity index is 2.74. The van der Waals surface area contributed by atoms with Crippen molar-refractivity contribution < 1.29 is 0 Å². The quantitative estimate of drug-likeness (QED) is 0.886. The number of aromatic nitrogens is 2. The summed E-state index contributed by atoms with van der Waals surface area (Å²) in [6.45, 7) is 2.23. The Bertz CT molecular complexity index is 719. The van der Waals surface area contributed by atoms with Crippen LogP contribution in [0.4, 0.5) is 0 Å². The van der Waals surface area contributed by atoms with Crippen LogP contribution in [0.2, 0.25) is 10.2 Å². The predicted octanol–water partition coefficient (Wildman–Crippen LogP) is 2.92.